The highest BCUT2D eigenvalue weighted by molar-refractivity contribution is 7.85. The summed E-state index contributed by atoms with van der Waals surface area (Å²) in [6.45, 7) is 13.9. The van der Waals surface area contributed by atoms with Crippen LogP contribution >= 0.6 is 0 Å². The number of aryl methyl sites for hydroxylation is 1. The number of aliphatic hydroxyl groups is 1. The number of methoxy groups -OCH3 is 2. The molecule has 79 heavy (non-hydrogen) atoms. The summed E-state index contributed by atoms with van der Waals surface area (Å²) in [6, 6.07) is 8.88. The lowest BCUT2D eigenvalue weighted by atomic mass is 9.78. The maximum atomic E-state index is 14.8. The maximum Gasteiger partial charge on any atom is 0.410 e. The Morgan fingerprint density at radius 2 is 1.47 bits per heavy atom. The van der Waals surface area contributed by atoms with Crippen molar-refractivity contribution in [3.8, 4) is 0 Å². The fourth-order valence-corrected chi connectivity index (χ4v) is 11.2. The highest BCUT2D eigenvalue weighted by Crippen LogP contribution is 2.33. The number of hydrogen-bond donors (Lipinski definition) is 8. The Hall–Kier alpha value is -5.92. The van der Waals surface area contributed by atoms with E-state index in [1.54, 1.807) is 89.9 Å². The lowest BCUT2D eigenvalue weighted by molar-refractivity contribution is -0.148. The SMILES string of the molecule is CC[C@H](C)[C@@H]([C@@H](CC(=O)N1CCC[C@H]1[C@H](OC)[C@@H](C)C(=O)N[C@H](C)[C@@H](O)c1ccccc1)OC)N(C)C(=O)[C@@H](NC(=O)[C@H](C(C)C)N(C)C(=O)OCC(CNC(N)=O)C(c1ccccc1CCS(=O)(=O)O)[C@H](N)C(N)=O)C(C)C. The first kappa shape index (κ1) is 67.4. The first-order valence-electron chi connectivity index (χ1n) is 27.0. The maximum absolute atomic E-state index is 14.8. The van der Waals surface area contributed by atoms with E-state index in [0.717, 1.165) is 4.90 Å². The molecule has 2 unspecified atom stereocenters. The van der Waals surface area contributed by atoms with Crippen LogP contribution in [0, 0.1) is 29.6 Å². The summed E-state index contributed by atoms with van der Waals surface area (Å²) in [7, 11) is 1.50. The second-order valence-corrected chi connectivity index (χ2v) is 23.1. The van der Waals surface area contributed by atoms with E-state index in [0.29, 0.717) is 42.5 Å². The Bertz CT molecular complexity index is 2450. The summed E-state index contributed by atoms with van der Waals surface area (Å²) in [4.78, 5) is 100. The third kappa shape index (κ3) is 18.8. The molecule has 1 saturated heterocycles. The zero-order chi connectivity index (χ0) is 59.6. The minimum Gasteiger partial charge on any atom is -0.449 e. The Morgan fingerprint density at radius 3 is 2.01 bits per heavy atom. The van der Waals surface area contributed by atoms with Gasteiger partial charge in [0.05, 0.1) is 67.2 Å². The quantitative estimate of drug-likeness (QED) is 0.0503. The Kier molecular flexibility index (Phi) is 26.6. The number of likely N-dealkylation sites (tertiary alicyclic amines) is 1. The van der Waals surface area contributed by atoms with Crippen LogP contribution in [0.2, 0.25) is 0 Å². The van der Waals surface area contributed by atoms with Gasteiger partial charge in [-0.1, -0.05) is 109 Å². The zero-order valence-electron chi connectivity index (χ0n) is 48.0. The van der Waals surface area contributed by atoms with E-state index in [-0.39, 0.29) is 37.1 Å². The second-order valence-electron chi connectivity index (χ2n) is 21.5. The molecule has 0 bridgehead atoms. The molecule has 0 spiro atoms. The third-order valence-corrected chi connectivity index (χ3v) is 16.0. The van der Waals surface area contributed by atoms with Gasteiger partial charge in [-0.25, -0.2) is 9.59 Å². The first-order valence-corrected chi connectivity index (χ1v) is 28.6. The number of nitrogens with one attached hydrogen (secondary N) is 3. The molecule has 0 aromatic heterocycles. The zero-order valence-corrected chi connectivity index (χ0v) is 48.8. The van der Waals surface area contributed by atoms with E-state index >= 15 is 0 Å². The molecule has 11 N–H and O–H groups in total. The van der Waals surface area contributed by atoms with Crippen molar-refractivity contribution in [2.24, 2.45) is 46.8 Å². The number of hydrogen-bond acceptors (Lipinski definition) is 14. The Labute approximate surface area is 466 Å². The number of primary amides is 2. The highest BCUT2D eigenvalue weighted by Gasteiger charge is 2.44. The number of rotatable bonds is 31. The first-order chi connectivity index (χ1) is 37.0. The van der Waals surface area contributed by atoms with Crippen LogP contribution in [0.25, 0.3) is 0 Å². The predicted octanol–water partition coefficient (Wildman–Crippen LogP) is 2.69. The van der Waals surface area contributed by atoms with Gasteiger partial charge in [0, 0.05) is 53.2 Å². The van der Waals surface area contributed by atoms with Crippen molar-refractivity contribution in [3.63, 3.8) is 0 Å². The van der Waals surface area contributed by atoms with Crippen molar-refractivity contribution >= 4 is 51.8 Å². The van der Waals surface area contributed by atoms with Crippen LogP contribution in [0.1, 0.15) is 110 Å². The number of aliphatic hydroxyl groups excluding tert-OH is 1. The van der Waals surface area contributed by atoms with Crippen molar-refractivity contribution in [2.45, 2.75) is 148 Å². The molecule has 2 aromatic rings. The van der Waals surface area contributed by atoms with Crippen LogP contribution in [0.15, 0.2) is 54.6 Å². The summed E-state index contributed by atoms with van der Waals surface area (Å²) in [5.41, 5.74) is 18.9. The van der Waals surface area contributed by atoms with E-state index in [9.17, 15) is 51.6 Å². The number of carbonyl (C=O) groups is 7. The smallest absolute Gasteiger partial charge is 0.410 e. The van der Waals surface area contributed by atoms with E-state index in [1.807, 2.05) is 32.0 Å². The second kappa shape index (κ2) is 31.2. The molecule has 23 nitrogen and oxygen atoms in total. The Balaban J connectivity index is 1.85. The van der Waals surface area contributed by atoms with Crippen molar-refractivity contribution < 1.29 is 65.8 Å². The molecule has 0 saturated carbocycles. The molecule has 1 heterocycles. The topological polar surface area (TPSA) is 346 Å². The molecule has 1 fully saturated rings. The summed E-state index contributed by atoms with van der Waals surface area (Å²) < 4.78 is 50.7. The summed E-state index contributed by atoms with van der Waals surface area (Å²) in [5, 5.41) is 19.2. The molecule has 13 atom stereocenters. The average Bonchev–Trinajstić information content (AvgIpc) is 3.90. The van der Waals surface area contributed by atoms with Crippen LogP contribution in [-0.4, -0.2) is 177 Å². The molecular weight excluding hydrogens is 1040 g/mol. The fourth-order valence-electron chi connectivity index (χ4n) is 10.7. The van der Waals surface area contributed by atoms with Crippen molar-refractivity contribution in [1.82, 2.24) is 30.7 Å². The number of urea groups is 1. The molecule has 24 heteroatoms. The van der Waals surface area contributed by atoms with E-state index in [1.165, 1.54) is 26.2 Å². The minimum absolute atomic E-state index is 0.118. The van der Waals surface area contributed by atoms with E-state index in [2.05, 4.69) is 16.0 Å². The van der Waals surface area contributed by atoms with E-state index in [4.69, 9.17) is 31.4 Å². The molecule has 3 rings (SSSR count). The molecule has 1 aliphatic rings. The number of benzene rings is 2. The number of nitrogens with zero attached hydrogens (tertiary/aromatic N) is 3. The Morgan fingerprint density at radius 1 is 0.848 bits per heavy atom. The standard InChI is InChI=1S/C55H89N9O14S/c1-13-33(6)47(41(76-11)28-42(65)64-26-19-24-40(64)49(77-12)34(7)51(68)60-35(8)48(66)37-21-15-14-16-22-37)62(9)53(70)45(31(2)3)61-52(69)46(32(4)5)63(10)55(72)78-30-38(29-59-54(58)71)43(44(56)50(57)67)39-23-18-17-20-36(39)25-27-79(73,74)75/h14-18,20-23,31-35,38,40-41,43-49,66H,13,19,24-30,56H2,1-12H3,(H2,57,67)(H,60,68)(H,61,69)(H3,58,59,71)(H,73,74,75)/t33-,34+,35+,38?,40-,41+,43?,44-,45-,46-,47-,48+,49+/m0/s1. The molecular formula is C55H89N9O14S. The molecule has 2 aromatic carbocycles. The van der Waals surface area contributed by atoms with Gasteiger partial charge in [-0.2, -0.15) is 8.42 Å². The van der Waals surface area contributed by atoms with Gasteiger partial charge in [0.1, 0.15) is 12.1 Å². The van der Waals surface area contributed by atoms with Crippen molar-refractivity contribution in [2.75, 3.05) is 53.8 Å². The van der Waals surface area contributed by atoms with Gasteiger partial charge in [-0.15, -0.1) is 0 Å². The van der Waals surface area contributed by atoms with E-state index < -0.39 is 136 Å². The van der Waals surface area contributed by atoms with Crippen LogP contribution in [0.3, 0.4) is 0 Å². The van der Waals surface area contributed by atoms with Crippen molar-refractivity contribution in [1.29, 1.82) is 0 Å². The van der Waals surface area contributed by atoms with Gasteiger partial charge in [-0.3, -0.25) is 33.4 Å². The number of nitrogens with two attached hydrogens (primary N) is 3. The number of carbonyl (C=O) groups excluding carboxylic acids is 7. The lowest BCUT2D eigenvalue weighted by Crippen LogP contribution is -2.60. The third-order valence-electron chi connectivity index (χ3n) is 15.3. The summed E-state index contributed by atoms with van der Waals surface area (Å²) in [6.07, 6.45) is -1.91. The lowest BCUT2D eigenvalue weighted by Gasteiger charge is -2.41. The van der Waals surface area contributed by atoms with Crippen LogP contribution in [0.4, 0.5) is 9.59 Å². The molecule has 0 aliphatic carbocycles. The molecule has 444 valence electrons. The minimum atomic E-state index is -4.42. The van der Waals surface area contributed by atoms with Crippen LogP contribution < -0.4 is 33.2 Å². The van der Waals surface area contributed by atoms with Gasteiger partial charge in [-0.05, 0) is 60.6 Å². The van der Waals surface area contributed by atoms with Gasteiger partial charge < -0.3 is 62.3 Å². The van der Waals surface area contributed by atoms with Gasteiger partial charge in [0.2, 0.25) is 29.5 Å². The average molecular weight is 1130 g/mol. The summed E-state index contributed by atoms with van der Waals surface area (Å²) in [5.74, 6) is -7.41. The number of ether oxygens (including phenoxy) is 3. The molecule has 8 amide bonds. The number of likely N-dealkylation sites (N-methyl/N-ethyl adjacent to an activating group) is 2. The van der Waals surface area contributed by atoms with Crippen LogP contribution in [-0.2, 0) is 54.7 Å². The molecule has 1 aliphatic heterocycles. The normalized spacial score (nSPS) is 18.3. The van der Waals surface area contributed by atoms with Gasteiger partial charge in [0.15, 0.2) is 0 Å². The monoisotopic (exact) mass is 1130 g/mol. The highest BCUT2D eigenvalue weighted by atomic mass is 32.2. The van der Waals surface area contributed by atoms with Crippen LogP contribution in [0.5, 0.6) is 0 Å². The summed E-state index contributed by atoms with van der Waals surface area (Å²) >= 11 is 0. The van der Waals surface area contributed by atoms with Gasteiger partial charge >= 0.3 is 12.1 Å². The van der Waals surface area contributed by atoms with Gasteiger partial charge in [0.25, 0.3) is 10.1 Å². The number of amides is 8. The van der Waals surface area contributed by atoms with Crippen molar-refractivity contribution in [3.05, 3.63) is 71.3 Å². The molecule has 0 radical (unpaired) electrons. The largest absolute Gasteiger partial charge is 0.449 e. The fraction of sp³-hybridized carbons (Fsp3) is 0.655. The predicted molar refractivity (Wildman–Crippen MR) is 297 cm³/mol.